The highest BCUT2D eigenvalue weighted by Crippen LogP contribution is 2.42. The largest absolute Gasteiger partial charge is 0.387 e. The van der Waals surface area contributed by atoms with E-state index in [-0.39, 0.29) is 29.1 Å². The van der Waals surface area contributed by atoms with Crippen LogP contribution in [0.5, 0.6) is 0 Å². The van der Waals surface area contributed by atoms with Crippen LogP contribution in [0.3, 0.4) is 0 Å². The van der Waals surface area contributed by atoms with E-state index >= 15 is 0 Å². The molecule has 1 fully saturated rings. The summed E-state index contributed by atoms with van der Waals surface area (Å²) in [6, 6.07) is 7.66. The van der Waals surface area contributed by atoms with Crippen LogP contribution in [0.15, 0.2) is 42.7 Å². The number of halogens is 2. The fourth-order valence-electron chi connectivity index (χ4n) is 5.57. The number of aldehydes is 1. The first kappa shape index (κ1) is 30.3. The molecule has 1 saturated carbocycles. The van der Waals surface area contributed by atoms with Gasteiger partial charge < -0.3 is 15.8 Å². The summed E-state index contributed by atoms with van der Waals surface area (Å²) in [5, 5.41) is 3.25. The Morgan fingerprint density at radius 2 is 1.90 bits per heavy atom. The Morgan fingerprint density at radius 3 is 2.51 bits per heavy atom. The molecule has 0 radical (unpaired) electrons. The van der Waals surface area contributed by atoms with E-state index in [1.807, 2.05) is 19.4 Å². The van der Waals surface area contributed by atoms with Crippen molar-refractivity contribution in [1.82, 2.24) is 9.97 Å². The number of carbonyl (C=O) groups is 1. The molecule has 0 bridgehead atoms. The summed E-state index contributed by atoms with van der Waals surface area (Å²) in [7, 11) is 1.95. The molecule has 210 valence electrons. The van der Waals surface area contributed by atoms with Gasteiger partial charge in [-0.05, 0) is 92.3 Å². The van der Waals surface area contributed by atoms with E-state index < -0.39 is 11.6 Å². The molecule has 0 spiro atoms. The van der Waals surface area contributed by atoms with Crippen molar-refractivity contribution in [3.8, 4) is 11.3 Å². The van der Waals surface area contributed by atoms with Gasteiger partial charge in [-0.3, -0.25) is 9.78 Å². The van der Waals surface area contributed by atoms with Gasteiger partial charge in [0.15, 0.2) is 6.29 Å². The minimum absolute atomic E-state index is 0.0748. The van der Waals surface area contributed by atoms with Crippen LogP contribution in [0.1, 0.15) is 66.7 Å². The maximum absolute atomic E-state index is 13.9. The lowest BCUT2D eigenvalue weighted by molar-refractivity contribution is -0.0372. The zero-order valence-electron chi connectivity index (χ0n) is 23.7. The van der Waals surface area contributed by atoms with Crippen molar-refractivity contribution in [3.05, 3.63) is 76.7 Å². The summed E-state index contributed by atoms with van der Waals surface area (Å²) in [6.45, 7) is 10.8. The Morgan fingerprint density at radius 1 is 1.15 bits per heavy atom. The van der Waals surface area contributed by atoms with Gasteiger partial charge in [0.25, 0.3) is 0 Å². The van der Waals surface area contributed by atoms with Gasteiger partial charge in [0.2, 0.25) is 0 Å². The van der Waals surface area contributed by atoms with Crippen molar-refractivity contribution in [2.75, 3.05) is 19.0 Å². The number of carbonyl (C=O) groups excluding carboxylic acids is 1. The van der Waals surface area contributed by atoms with E-state index in [2.05, 4.69) is 42.1 Å². The van der Waals surface area contributed by atoms with Crippen molar-refractivity contribution in [2.45, 2.75) is 65.5 Å². The number of pyridine rings is 2. The molecule has 3 N–H and O–H groups in total. The third-order valence-electron chi connectivity index (χ3n) is 7.39. The summed E-state index contributed by atoms with van der Waals surface area (Å²) in [5.41, 5.74) is 10.3. The van der Waals surface area contributed by atoms with Crippen LogP contribution >= 0.6 is 0 Å². The van der Waals surface area contributed by atoms with Crippen LogP contribution in [-0.2, 0) is 4.74 Å². The predicted octanol–water partition coefficient (Wildman–Crippen LogP) is 6.46. The molecule has 4 atom stereocenters. The number of anilines is 1. The average molecular weight is 539 g/mol. The first-order valence-electron chi connectivity index (χ1n) is 13.5. The molecule has 0 saturated heterocycles. The third kappa shape index (κ3) is 7.25. The van der Waals surface area contributed by atoms with Crippen LogP contribution in [-0.4, -0.2) is 42.1 Å². The monoisotopic (exact) mass is 538 g/mol. The second-order valence-electron chi connectivity index (χ2n) is 10.5. The number of nitrogens with two attached hydrogens (primary N) is 1. The molecule has 2 aromatic heterocycles. The zero-order chi connectivity index (χ0) is 28.7. The number of nitrogens with one attached hydrogen (secondary N) is 1. The van der Waals surface area contributed by atoms with Gasteiger partial charge in [-0.25, -0.2) is 13.8 Å². The lowest BCUT2D eigenvalue weighted by Crippen LogP contribution is -2.49. The highest BCUT2D eigenvalue weighted by atomic mass is 19.1. The molecule has 0 amide bonds. The Hall–Kier alpha value is -3.23. The Labute approximate surface area is 230 Å². The Kier molecular flexibility index (Phi) is 10.7. The van der Waals surface area contributed by atoms with Gasteiger partial charge in [-0.2, -0.15) is 0 Å². The topological polar surface area (TPSA) is 90.1 Å². The fourth-order valence-corrected chi connectivity index (χ4v) is 5.57. The quantitative estimate of drug-likeness (QED) is 0.336. The van der Waals surface area contributed by atoms with Crippen LogP contribution in [0.25, 0.3) is 11.3 Å². The van der Waals surface area contributed by atoms with Crippen LogP contribution < -0.4 is 11.1 Å². The van der Waals surface area contributed by atoms with Crippen LogP contribution in [0, 0.1) is 37.3 Å². The molecule has 1 aliphatic carbocycles. The molecule has 6 nitrogen and oxygen atoms in total. The first-order valence-corrected chi connectivity index (χ1v) is 13.5. The number of benzene rings is 1. The van der Waals surface area contributed by atoms with Crippen molar-refractivity contribution >= 4 is 12.0 Å². The van der Waals surface area contributed by atoms with E-state index in [0.717, 1.165) is 36.8 Å². The number of hydrogen-bond acceptors (Lipinski definition) is 6. The first-order chi connectivity index (χ1) is 18.6. The van der Waals surface area contributed by atoms with Crippen molar-refractivity contribution in [2.24, 2.45) is 17.6 Å². The third-order valence-corrected chi connectivity index (χ3v) is 7.39. The number of ether oxygens (including phenoxy) is 1. The van der Waals surface area contributed by atoms with E-state index in [1.165, 1.54) is 17.7 Å². The number of aromatic nitrogens is 2. The van der Waals surface area contributed by atoms with Gasteiger partial charge >= 0.3 is 0 Å². The summed E-state index contributed by atoms with van der Waals surface area (Å²) in [5.74, 6) is 0.384. The van der Waals surface area contributed by atoms with Crippen LogP contribution in [0.4, 0.5) is 14.5 Å². The van der Waals surface area contributed by atoms with E-state index in [1.54, 1.807) is 19.9 Å². The summed E-state index contributed by atoms with van der Waals surface area (Å²) in [6.07, 6.45) is 6.58. The Bertz CT molecular complexity index is 1240. The van der Waals surface area contributed by atoms with Crippen molar-refractivity contribution < 1.29 is 18.3 Å². The lowest BCUT2D eigenvalue weighted by atomic mass is 9.70. The second kappa shape index (κ2) is 13.7. The molecule has 1 aliphatic rings. The van der Waals surface area contributed by atoms with Gasteiger partial charge in [0.05, 0.1) is 18.0 Å². The molecule has 39 heavy (non-hydrogen) atoms. The maximum atomic E-state index is 13.9. The van der Waals surface area contributed by atoms with Gasteiger partial charge in [0, 0.05) is 31.5 Å². The lowest BCUT2D eigenvalue weighted by Gasteiger charge is -2.42. The number of nitrogens with zero attached hydrogens (tertiary/aromatic N) is 2. The number of hydrogen-bond donors (Lipinski definition) is 2. The average Bonchev–Trinajstić information content (AvgIpc) is 2.90. The minimum atomic E-state index is -0.647. The van der Waals surface area contributed by atoms with Gasteiger partial charge in [-0.1, -0.05) is 19.9 Å². The van der Waals surface area contributed by atoms with E-state index in [4.69, 9.17) is 10.5 Å². The summed E-state index contributed by atoms with van der Waals surface area (Å²) >= 11 is 0. The molecule has 3 unspecified atom stereocenters. The Balaban J connectivity index is 0.000000218. The standard InChI is InChI=1S/C17H29N3O.C14H11F2NO/c1-5-21-17-14(11(2)3)8-12(9-15(17)18)13-6-7-20-10-16(13)19-4;1-8-5-9(2)13(12(16)6-8)14-11(15)4-3-10(7-18)17-14/h6-7,10-12,14-15,17,19H,5,8-9,18H2,1-4H3;3-7H,1-2H3/t12?,14-,15?,17?;/m1./s1. The molecular formula is C31H40F2N4O2. The summed E-state index contributed by atoms with van der Waals surface area (Å²) in [4.78, 5) is 18.7. The van der Waals surface area contributed by atoms with E-state index in [9.17, 15) is 13.6 Å². The molecule has 3 aromatic rings. The molecule has 1 aromatic carbocycles. The molecule has 4 rings (SSSR count). The molecule has 2 heterocycles. The van der Waals surface area contributed by atoms with Crippen LogP contribution in [0.2, 0.25) is 0 Å². The maximum Gasteiger partial charge on any atom is 0.168 e. The molecule has 8 heteroatoms. The highest BCUT2D eigenvalue weighted by Gasteiger charge is 2.39. The number of aryl methyl sites for hydroxylation is 2. The summed E-state index contributed by atoms with van der Waals surface area (Å²) < 4.78 is 33.6. The predicted molar refractivity (Wildman–Crippen MR) is 152 cm³/mol. The molecular weight excluding hydrogens is 498 g/mol. The molecule has 0 aliphatic heterocycles. The zero-order valence-corrected chi connectivity index (χ0v) is 23.7. The number of rotatable bonds is 7. The SMILES string of the molecule is CCOC1C(N)CC(c2ccncc2NC)C[C@@H]1C(C)C.Cc1cc(C)c(-c2nc(C=O)ccc2F)c(F)c1. The fraction of sp³-hybridized carbons (Fsp3) is 0.452. The van der Waals surface area contributed by atoms with E-state index in [0.29, 0.717) is 29.6 Å². The van der Waals surface area contributed by atoms with Gasteiger partial charge in [0.1, 0.15) is 23.0 Å². The highest BCUT2D eigenvalue weighted by molar-refractivity contribution is 5.75. The normalized spacial score (nSPS) is 20.8. The van der Waals surface area contributed by atoms with Crippen molar-refractivity contribution in [1.29, 1.82) is 0 Å². The minimum Gasteiger partial charge on any atom is -0.387 e. The smallest absolute Gasteiger partial charge is 0.168 e. The van der Waals surface area contributed by atoms with Gasteiger partial charge in [-0.15, -0.1) is 0 Å². The van der Waals surface area contributed by atoms with Crippen molar-refractivity contribution in [3.63, 3.8) is 0 Å². The second-order valence-corrected chi connectivity index (χ2v) is 10.5.